The van der Waals surface area contributed by atoms with E-state index in [2.05, 4.69) is 25.5 Å². The number of rotatable bonds is 4. The number of piperidine rings is 1. The van der Waals surface area contributed by atoms with E-state index in [0.29, 0.717) is 11.4 Å². The van der Waals surface area contributed by atoms with E-state index in [-0.39, 0.29) is 11.8 Å². The zero-order valence-corrected chi connectivity index (χ0v) is 15.4. The maximum atomic E-state index is 12.6. The number of nitrogens with zero attached hydrogens (tertiary/aromatic N) is 5. The fraction of sp³-hybridized carbons (Fsp3) is 0.368. The van der Waals surface area contributed by atoms with Crippen LogP contribution in [-0.4, -0.2) is 45.9 Å². The number of nitrogens with one attached hydrogen (secondary N) is 1. The van der Waals surface area contributed by atoms with Crippen molar-refractivity contribution in [2.45, 2.75) is 19.8 Å². The Morgan fingerprint density at radius 1 is 1.15 bits per heavy atom. The lowest BCUT2D eigenvalue weighted by Gasteiger charge is -2.32. The lowest BCUT2D eigenvalue weighted by atomic mass is 9.95. The maximum absolute atomic E-state index is 12.6. The minimum absolute atomic E-state index is 0.0217. The van der Waals surface area contributed by atoms with E-state index < -0.39 is 0 Å². The van der Waals surface area contributed by atoms with Crippen molar-refractivity contribution >= 4 is 23.1 Å². The molecule has 0 atom stereocenters. The Hall–Kier alpha value is -3.16. The van der Waals surface area contributed by atoms with Gasteiger partial charge in [0.1, 0.15) is 11.6 Å². The standard InChI is InChI=1S/C19H22N6O2/c1-13-21-22-17-7-8-18(23-25(13)17)24-11-9-14(10-12-24)19(26)20-15-5-3-4-6-16(15)27-2/h3-8,14H,9-12H2,1-2H3,(H,20,26). The van der Waals surface area contributed by atoms with Crippen LogP contribution in [0.1, 0.15) is 18.7 Å². The predicted molar refractivity (Wildman–Crippen MR) is 102 cm³/mol. The minimum Gasteiger partial charge on any atom is -0.495 e. The number of ether oxygens (including phenoxy) is 1. The first-order chi connectivity index (χ1) is 13.2. The Bertz CT molecular complexity index is 962. The normalized spacial score (nSPS) is 15.1. The van der Waals surface area contributed by atoms with E-state index in [9.17, 15) is 4.79 Å². The molecule has 0 aliphatic carbocycles. The molecule has 2 aromatic heterocycles. The van der Waals surface area contributed by atoms with Crippen molar-refractivity contribution in [3.8, 4) is 5.75 Å². The SMILES string of the molecule is COc1ccccc1NC(=O)C1CCN(c2ccc3nnc(C)n3n2)CC1. The third-order valence-corrected chi connectivity index (χ3v) is 4.96. The number of aryl methyl sites for hydroxylation is 1. The number of carbonyl (C=O) groups is 1. The summed E-state index contributed by atoms with van der Waals surface area (Å²) in [6.45, 7) is 3.44. The summed E-state index contributed by atoms with van der Waals surface area (Å²) in [6, 6.07) is 11.3. The van der Waals surface area contributed by atoms with E-state index in [1.807, 2.05) is 43.3 Å². The first kappa shape index (κ1) is 17.3. The summed E-state index contributed by atoms with van der Waals surface area (Å²) in [7, 11) is 1.60. The monoisotopic (exact) mass is 366 g/mol. The minimum atomic E-state index is -0.0217. The van der Waals surface area contributed by atoms with Crippen LogP contribution in [0.3, 0.4) is 0 Å². The summed E-state index contributed by atoms with van der Waals surface area (Å²) in [5, 5.41) is 15.7. The van der Waals surface area contributed by atoms with E-state index in [0.717, 1.165) is 43.2 Å². The Labute approximate surface area is 157 Å². The second-order valence-electron chi connectivity index (χ2n) is 6.66. The van der Waals surface area contributed by atoms with Crippen LogP contribution in [-0.2, 0) is 4.79 Å². The molecule has 0 saturated carbocycles. The van der Waals surface area contributed by atoms with Crippen molar-refractivity contribution < 1.29 is 9.53 Å². The van der Waals surface area contributed by atoms with Gasteiger partial charge in [-0.2, -0.15) is 4.52 Å². The van der Waals surface area contributed by atoms with Gasteiger partial charge in [-0.25, -0.2) is 0 Å². The first-order valence-electron chi connectivity index (χ1n) is 9.03. The summed E-state index contributed by atoms with van der Waals surface area (Å²) in [5.74, 6) is 2.33. The van der Waals surface area contributed by atoms with Crippen LogP contribution < -0.4 is 15.0 Å². The molecule has 1 aliphatic heterocycles. The highest BCUT2D eigenvalue weighted by molar-refractivity contribution is 5.94. The second-order valence-corrected chi connectivity index (χ2v) is 6.66. The quantitative estimate of drug-likeness (QED) is 0.763. The molecule has 0 bridgehead atoms. The third kappa shape index (κ3) is 3.42. The van der Waals surface area contributed by atoms with Crippen molar-refractivity contribution in [1.29, 1.82) is 0 Å². The Morgan fingerprint density at radius 3 is 2.70 bits per heavy atom. The fourth-order valence-electron chi connectivity index (χ4n) is 3.41. The highest BCUT2D eigenvalue weighted by Crippen LogP contribution is 2.27. The number of carbonyl (C=O) groups excluding carboxylic acids is 1. The van der Waals surface area contributed by atoms with Crippen LogP contribution in [0.15, 0.2) is 36.4 Å². The van der Waals surface area contributed by atoms with Gasteiger partial charge in [-0.3, -0.25) is 4.79 Å². The van der Waals surface area contributed by atoms with E-state index in [1.54, 1.807) is 11.6 Å². The topological polar surface area (TPSA) is 84.6 Å². The molecule has 8 heteroatoms. The highest BCUT2D eigenvalue weighted by Gasteiger charge is 2.26. The maximum Gasteiger partial charge on any atom is 0.227 e. The van der Waals surface area contributed by atoms with E-state index in [4.69, 9.17) is 4.74 Å². The molecule has 4 rings (SSSR count). The number of amides is 1. The molecule has 1 aromatic carbocycles. The van der Waals surface area contributed by atoms with Crippen LogP contribution in [0.4, 0.5) is 11.5 Å². The molecule has 3 aromatic rings. The largest absolute Gasteiger partial charge is 0.495 e. The lowest BCUT2D eigenvalue weighted by molar-refractivity contribution is -0.120. The smallest absolute Gasteiger partial charge is 0.227 e. The van der Waals surface area contributed by atoms with Crippen LogP contribution >= 0.6 is 0 Å². The molecule has 1 saturated heterocycles. The second kappa shape index (κ2) is 7.22. The number of benzene rings is 1. The van der Waals surface area contributed by atoms with Gasteiger partial charge in [0.15, 0.2) is 11.5 Å². The molecule has 0 unspecified atom stereocenters. The lowest BCUT2D eigenvalue weighted by Crippen LogP contribution is -2.38. The summed E-state index contributed by atoms with van der Waals surface area (Å²) in [6.07, 6.45) is 1.56. The van der Waals surface area contributed by atoms with Gasteiger partial charge in [0, 0.05) is 19.0 Å². The van der Waals surface area contributed by atoms with Crippen molar-refractivity contribution in [3.05, 3.63) is 42.2 Å². The van der Waals surface area contributed by atoms with Crippen molar-refractivity contribution in [1.82, 2.24) is 19.8 Å². The van der Waals surface area contributed by atoms with Gasteiger partial charge >= 0.3 is 0 Å². The molecular weight excluding hydrogens is 344 g/mol. The number of anilines is 2. The third-order valence-electron chi connectivity index (χ3n) is 4.96. The number of methoxy groups -OCH3 is 1. The van der Waals surface area contributed by atoms with Gasteiger partial charge in [-0.05, 0) is 44.0 Å². The van der Waals surface area contributed by atoms with Gasteiger partial charge < -0.3 is 15.0 Å². The van der Waals surface area contributed by atoms with Crippen molar-refractivity contribution in [3.63, 3.8) is 0 Å². The predicted octanol–water partition coefficient (Wildman–Crippen LogP) is 2.30. The van der Waals surface area contributed by atoms with Crippen LogP contribution in [0, 0.1) is 12.8 Å². The van der Waals surface area contributed by atoms with Gasteiger partial charge in [0.2, 0.25) is 5.91 Å². The summed E-state index contributed by atoms with van der Waals surface area (Å²) in [4.78, 5) is 14.8. The first-order valence-corrected chi connectivity index (χ1v) is 9.03. The van der Waals surface area contributed by atoms with Crippen molar-refractivity contribution in [2.75, 3.05) is 30.4 Å². The molecule has 1 aliphatic rings. The van der Waals surface area contributed by atoms with Crippen LogP contribution in [0.25, 0.3) is 5.65 Å². The van der Waals surface area contributed by atoms with Crippen molar-refractivity contribution in [2.24, 2.45) is 5.92 Å². The van der Waals surface area contributed by atoms with E-state index >= 15 is 0 Å². The Morgan fingerprint density at radius 2 is 1.93 bits per heavy atom. The molecule has 140 valence electrons. The molecule has 3 heterocycles. The average Bonchev–Trinajstić information content (AvgIpc) is 3.09. The molecular formula is C19H22N6O2. The molecule has 8 nitrogen and oxygen atoms in total. The summed E-state index contributed by atoms with van der Waals surface area (Å²) >= 11 is 0. The van der Waals surface area contributed by atoms with Gasteiger partial charge in [-0.1, -0.05) is 12.1 Å². The number of fused-ring (bicyclic) bond motifs is 1. The molecule has 1 N–H and O–H groups in total. The molecule has 0 spiro atoms. The van der Waals surface area contributed by atoms with Crippen LogP contribution in [0.5, 0.6) is 5.75 Å². The highest BCUT2D eigenvalue weighted by atomic mass is 16.5. The van der Waals surface area contributed by atoms with Gasteiger partial charge in [0.05, 0.1) is 12.8 Å². The number of hydrogen-bond acceptors (Lipinski definition) is 6. The van der Waals surface area contributed by atoms with E-state index in [1.165, 1.54) is 0 Å². The summed E-state index contributed by atoms with van der Waals surface area (Å²) < 4.78 is 7.05. The van der Waals surface area contributed by atoms with Gasteiger partial charge in [0.25, 0.3) is 0 Å². The number of aromatic nitrogens is 4. The fourth-order valence-corrected chi connectivity index (χ4v) is 3.41. The number of para-hydroxylation sites is 2. The summed E-state index contributed by atoms with van der Waals surface area (Å²) in [5.41, 5.74) is 1.45. The number of hydrogen-bond donors (Lipinski definition) is 1. The van der Waals surface area contributed by atoms with Gasteiger partial charge in [-0.15, -0.1) is 15.3 Å². The molecule has 0 radical (unpaired) electrons. The average molecular weight is 366 g/mol. The molecule has 27 heavy (non-hydrogen) atoms. The zero-order valence-electron chi connectivity index (χ0n) is 15.4. The molecule has 1 fully saturated rings. The Balaban J connectivity index is 1.40. The molecule has 1 amide bonds. The Kier molecular flexibility index (Phi) is 4.62. The van der Waals surface area contributed by atoms with Crippen LogP contribution in [0.2, 0.25) is 0 Å². The zero-order chi connectivity index (χ0) is 18.8.